The van der Waals surface area contributed by atoms with Gasteiger partial charge in [-0.2, -0.15) is 5.10 Å². The molecule has 19 heavy (non-hydrogen) atoms. The Morgan fingerprint density at radius 3 is 2.79 bits per heavy atom. The van der Waals surface area contributed by atoms with Crippen molar-refractivity contribution in [1.82, 2.24) is 14.7 Å². The number of aromatic nitrogens is 2. The Hall–Kier alpha value is -0.870. The minimum Gasteiger partial charge on any atom is -0.330 e. The first-order chi connectivity index (χ1) is 9.08. The molecule has 0 amide bonds. The van der Waals surface area contributed by atoms with Crippen molar-refractivity contribution < 1.29 is 0 Å². The first-order valence-electron chi connectivity index (χ1n) is 7.54. The summed E-state index contributed by atoms with van der Waals surface area (Å²) in [6.07, 6.45) is 6.06. The molecule has 0 radical (unpaired) electrons. The van der Waals surface area contributed by atoms with Gasteiger partial charge in [0.2, 0.25) is 0 Å². The van der Waals surface area contributed by atoms with E-state index in [2.05, 4.69) is 37.0 Å². The second-order valence-corrected chi connectivity index (χ2v) is 5.84. The van der Waals surface area contributed by atoms with Crippen LogP contribution in [0.3, 0.4) is 0 Å². The lowest BCUT2D eigenvalue weighted by atomic mass is 9.98. The van der Waals surface area contributed by atoms with E-state index in [4.69, 9.17) is 5.73 Å². The molecule has 4 nitrogen and oxygen atoms in total. The Morgan fingerprint density at radius 2 is 2.26 bits per heavy atom. The van der Waals surface area contributed by atoms with Crippen molar-refractivity contribution in [2.24, 2.45) is 18.7 Å². The minimum atomic E-state index is 0.427. The highest BCUT2D eigenvalue weighted by Gasteiger charge is 2.33. The Kier molecular flexibility index (Phi) is 4.63. The van der Waals surface area contributed by atoms with E-state index in [0.29, 0.717) is 18.0 Å². The van der Waals surface area contributed by atoms with Crippen LogP contribution in [0.25, 0.3) is 0 Å². The molecule has 3 unspecified atom stereocenters. The quantitative estimate of drug-likeness (QED) is 0.887. The maximum Gasteiger partial charge on any atom is 0.0641 e. The van der Waals surface area contributed by atoms with E-state index in [1.165, 1.54) is 24.8 Å². The summed E-state index contributed by atoms with van der Waals surface area (Å²) in [6.45, 7) is 8.57. The number of aryl methyl sites for hydroxylation is 2. The van der Waals surface area contributed by atoms with Gasteiger partial charge in [-0.3, -0.25) is 9.58 Å². The van der Waals surface area contributed by atoms with Crippen molar-refractivity contribution in [3.05, 3.63) is 17.5 Å². The predicted octanol–water partition coefficient (Wildman–Crippen LogP) is 2.24. The van der Waals surface area contributed by atoms with Gasteiger partial charge in [-0.1, -0.05) is 13.3 Å². The van der Waals surface area contributed by atoms with Gasteiger partial charge in [0.1, 0.15) is 0 Å². The van der Waals surface area contributed by atoms with Gasteiger partial charge >= 0.3 is 0 Å². The third kappa shape index (κ3) is 2.84. The third-order valence-corrected chi connectivity index (χ3v) is 4.71. The fourth-order valence-corrected chi connectivity index (χ4v) is 3.73. The Labute approximate surface area is 117 Å². The van der Waals surface area contributed by atoms with Gasteiger partial charge in [0, 0.05) is 30.9 Å². The molecule has 1 heterocycles. The van der Waals surface area contributed by atoms with Crippen molar-refractivity contribution in [2.45, 2.75) is 52.1 Å². The lowest BCUT2D eigenvalue weighted by Gasteiger charge is -2.36. The zero-order valence-corrected chi connectivity index (χ0v) is 12.8. The number of nitrogens with two attached hydrogens (primary N) is 1. The summed E-state index contributed by atoms with van der Waals surface area (Å²) in [7, 11) is 2.00. The fourth-order valence-electron chi connectivity index (χ4n) is 3.73. The van der Waals surface area contributed by atoms with Crippen molar-refractivity contribution in [3.63, 3.8) is 0 Å². The van der Waals surface area contributed by atoms with Crippen molar-refractivity contribution in [3.8, 4) is 0 Å². The van der Waals surface area contributed by atoms with Crippen LogP contribution in [0.1, 0.15) is 50.4 Å². The number of hydrogen-bond donors (Lipinski definition) is 1. The normalized spacial score (nSPS) is 25.2. The van der Waals surface area contributed by atoms with Gasteiger partial charge in [-0.15, -0.1) is 0 Å². The van der Waals surface area contributed by atoms with E-state index in [9.17, 15) is 0 Å². The lowest BCUT2D eigenvalue weighted by Crippen LogP contribution is -2.41. The maximum atomic E-state index is 5.95. The molecule has 1 aromatic rings. The van der Waals surface area contributed by atoms with Gasteiger partial charge in [-0.25, -0.2) is 0 Å². The van der Waals surface area contributed by atoms with Crippen LogP contribution in [0.4, 0.5) is 0 Å². The Morgan fingerprint density at radius 1 is 1.53 bits per heavy atom. The van der Waals surface area contributed by atoms with E-state index in [0.717, 1.165) is 18.8 Å². The first-order valence-corrected chi connectivity index (χ1v) is 7.54. The molecule has 0 aliphatic heterocycles. The summed E-state index contributed by atoms with van der Waals surface area (Å²) in [5, 5.41) is 4.48. The maximum absolute atomic E-state index is 5.95. The van der Waals surface area contributed by atoms with E-state index in [1.54, 1.807) is 0 Å². The molecule has 108 valence electrons. The average Bonchev–Trinajstić information content (AvgIpc) is 2.96. The SMILES string of the molecule is CCN(C(C)c1cn(C)nc1C)C1CCCC1CN. The fraction of sp³-hybridized carbons (Fsp3) is 0.800. The van der Waals surface area contributed by atoms with E-state index >= 15 is 0 Å². The molecule has 1 saturated carbocycles. The summed E-state index contributed by atoms with van der Waals surface area (Å²) in [5.41, 5.74) is 8.45. The second-order valence-electron chi connectivity index (χ2n) is 5.84. The van der Waals surface area contributed by atoms with Crippen molar-refractivity contribution in [1.29, 1.82) is 0 Å². The Bertz CT molecular complexity index is 412. The molecule has 1 aliphatic carbocycles. The van der Waals surface area contributed by atoms with E-state index < -0.39 is 0 Å². The summed E-state index contributed by atoms with van der Waals surface area (Å²) in [5.74, 6) is 0.666. The van der Waals surface area contributed by atoms with E-state index in [1.807, 2.05) is 11.7 Å². The molecule has 0 spiro atoms. The van der Waals surface area contributed by atoms with Gasteiger partial charge in [0.05, 0.1) is 5.69 Å². The zero-order chi connectivity index (χ0) is 14.0. The highest BCUT2D eigenvalue weighted by atomic mass is 15.3. The zero-order valence-electron chi connectivity index (χ0n) is 12.8. The molecule has 2 N–H and O–H groups in total. The van der Waals surface area contributed by atoms with Crippen LogP contribution in [0.15, 0.2) is 6.20 Å². The minimum absolute atomic E-state index is 0.427. The third-order valence-electron chi connectivity index (χ3n) is 4.71. The smallest absolute Gasteiger partial charge is 0.0641 e. The van der Waals surface area contributed by atoms with Gasteiger partial charge in [0.15, 0.2) is 0 Å². The summed E-state index contributed by atoms with van der Waals surface area (Å²) in [6, 6.07) is 1.07. The first kappa shape index (κ1) is 14.5. The summed E-state index contributed by atoms with van der Waals surface area (Å²) < 4.78 is 1.92. The molecule has 1 fully saturated rings. The summed E-state index contributed by atoms with van der Waals surface area (Å²) in [4.78, 5) is 2.62. The molecule has 4 heteroatoms. The van der Waals surface area contributed by atoms with Crippen LogP contribution in [0, 0.1) is 12.8 Å². The molecule has 0 bridgehead atoms. The largest absolute Gasteiger partial charge is 0.330 e. The molecular formula is C15H28N4. The van der Waals surface area contributed by atoms with Crippen LogP contribution in [-0.4, -0.2) is 33.8 Å². The Balaban J connectivity index is 2.19. The molecule has 1 aliphatic rings. The highest BCUT2D eigenvalue weighted by Crippen LogP contribution is 2.34. The molecule has 3 atom stereocenters. The van der Waals surface area contributed by atoms with Crippen molar-refractivity contribution >= 4 is 0 Å². The summed E-state index contributed by atoms with van der Waals surface area (Å²) >= 11 is 0. The second kappa shape index (κ2) is 6.06. The van der Waals surface area contributed by atoms with Crippen LogP contribution < -0.4 is 5.73 Å². The molecule has 2 rings (SSSR count). The monoisotopic (exact) mass is 264 g/mol. The van der Waals surface area contributed by atoms with Crippen LogP contribution in [0.5, 0.6) is 0 Å². The van der Waals surface area contributed by atoms with Gasteiger partial charge < -0.3 is 5.73 Å². The molecule has 0 aromatic carbocycles. The highest BCUT2D eigenvalue weighted by molar-refractivity contribution is 5.20. The van der Waals surface area contributed by atoms with Crippen LogP contribution in [-0.2, 0) is 7.05 Å². The van der Waals surface area contributed by atoms with Crippen LogP contribution >= 0.6 is 0 Å². The van der Waals surface area contributed by atoms with E-state index in [-0.39, 0.29) is 0 Å². The standard InChI is InChI=1S/C15H28N4/c1-5-19(15-8-6-7-13(15)9-16)12(3)14-10-18(4)17-11(14)2/h10,12-13,15H,5-9,16H2,1-4H3. The predicted molar refractivity (Wildman–Crippen MR) is 78.9 cm³/mol. The number of nitrogens with zero attached hydrogens (tertiary/aromatic N) is 3. The number of hydrogen-bond acceptors (Lipinski definition) is 3. The average molecular weight is 264 g/mol. The lowest BCUT2D eigenvalue weighted by molar-refractivity contribution is 0.123. The van der Waals surface area contributed by atoms with Gasteiger partial charge in [-0.05, 0) is 45.7 Å². The molecule has 0 saturated heterocycles. The number of rotatable bonds is 5. The van der Waals surface area contributed by atoms with Gasteiger partial charge in [0.25, 0.3) is 0 Å². The van der Waals surface area contributed by atoms with Crippen LogP contribution in [0.2, 0.25) is 0 Å². The van der Waals surface area contributed by atoms with Crippen molar-refractivity contribution in [2.75, 3.05) is 13.1 Å². The topological polar surface area (TPSA) is 47.1 Å². The molecular weight excluding hydrogens is 236 g/mol. The molecule has 1 aromatic heterocycles.